The Bertz CT molecular complexity index is 698. The minimum atomic E-state index is -4.26. The van der Waals surface area contributed by atoms with E-state index in [1.165, 1.54) is 180 Å². The van der Waals surface area contributed by atoms with Gasteiger partial charge in [0.15, 0.2) is 0 Å². The van der Waals surface area contributed by atoms with Gasteiger partial charge in [-0.3, -0.25) is 9.05 Å². The summed E-state index contributed by atoms with van der Waals surface area (Å²) in [6, 6.07) is 0. The summed E-state index contributed by atoms with van der Waals surface area (Å²) in [6.07, 6.45) is 44.3. The summed E-state index contributed by atoms with van der Waals surface area (Å²) in [6.45, 7) is 4.87. The Morgan fingerprint density at radius 1 is 0.292 bits per heavy atom. The zero-order valence-electron chi connectivity index (χ0n) is 31.8. The molecule has 0 fully saturated rings. The number of hydrogen-bond donors (Lipinski definition) is 4. The minimum Gasteiger partial charge on any atom is -0.303 e. The van der Waals surface area contributed by atoms with Crippen LogP contribution < -0.4 is 0 Å². The molecule has 0 amide bonds. The van der Waals surface area contributed by atoms with E-state index >= 15 is 0 Å². The van der Waals surface area contributed by atoms with Crippen LogP contribution in [0.3, 0.4) is 0 Å². The maximum Gasteiger partial charge on any atom is 0.469 e. The third-order valence-corrected chi connectivity index (χ3v) is 10.1. The highest BCUT2D eigenvalue weighted by Gasteiger charge is 2.13. The van der Waals surface area contributed by atoms with Crippen LogP contribution >= 0.6 is 15.6 Å². The van der Waals surface area contributed by atoms with Gasteiger partial charge in [-0.25, -0.2) is 9.13 Å². The fourth-order valence-corrected chi connectivity index (χ4v) is 6.75. The average molecular weight is 729 g/mol. The predicted molar refractivity (Wildman–Crippen MR) is 204 cm³/mol. The first-order valence-corrected chi connectivity index (χ1v) is 23.6. The van der Waals surface area contributed by atoms with E-state index in [1.807, 2.05) is 0 Å². The largest absolute Gasteiger partial charge is 0.469 e. The van der Waals surface area contributed by atoms with Crippen LogP contribution in [0.1, 0.15) is 232 Å². The monoisotopic (exact) mass is 729 g/mol. The van der Waals surface area contributed by atoms with Crippen LogP contribution in [0.25, 0.3) is 0 Å². The average Bonchev–Trinajstić information content (AvgIpc) is 3.03. The molecule has 0 aliphatic rings. The number of hydrogen-bond acceptors (Lipinski definition) is 4. The standard InChI is InChI=1S/C22H47O4P.C16H35O4P/c1-2-3-4-5-6-7-8-9-10-11-12-13-14-15-16-17-18-19-20-21-22-26-27(23,24)25;1-2-3-4-5-6-7-8-9-10-11-12-13-14-15-16-20-21(17,18)19/h2-22H2,1H3,(H2,23,24,25);2-16H2,1H3,(H2,17,18,19). The number of phosphoric acid groups is 2. The molecule has 0 saturated carbocycles. The molecule has 0 saturated heterocycles. The van der Waals surface area contributed by atoms with E-state index in [2.05, 4.69) is 22.9 Å². The molecule has 0 aromatic rings. The SMILES string of the molecule is CCCCCCCCCCCCCCCCCCCCCCOP(=O)(O)O.CCCCCCCCCCCCCCCCOP(=O)(O)O. The Morgan fingerprint density at radius 2 is 0.438 bits per heavy atom. The van der Waals surface area contributed by atoms with Gasteiger partial charge in [-0.15, -0.1) is 0 Å². The molecule has 0 bridgehead atoms. The number of rotatable bonds is 38. The van der Waals surface area contributed by atoms with Crippen molar-refractivity contribution >= 4 is 15.6 Å². The molecule has 0 aliphatic carbocycles. The molecule has 4 N–H and O–H groups in total. The van der Waals surface area contributed by atoms with E-state index in [0.717, 1.165) is 38.5 Å². The maximum atomic E-state index is 10.5. The highest BCUT2D eigenvalue weighted by molar-refractivity contribution is 7.46. The summed E-state index contributed by atoms with van der Waals surface area (Å²) in [7, 11) is -8.51. The van der Waals surface area contributed by atoms with Crippen LogP contribution in [0.5, 0.6) is 0 Å². The molecule has 0 spiro atoms. The van der Waals surface area contributed by atoms with Crippen molar-refractivity contribution in [1.29, 1.82) is 0 Å². The van der Waals surface area contributed by atoms with Gasteiger partial charge in [0.1, 0.15) is 0 Å². The predicted octanol–water partition coefficient (Wildman–Crippen LogP) is 13.5. The number of phosphoric ester groups is 2. The summed E-state index contributed by atoms with van der Waals surface area (Å²) in [5, 5.41) is 0. The normalized spacial score (nSPS) is 12.0. The summed E-state index contributed by atoms with van der Waals surface area (Å²) in [4.78, 5) is 34.2. The second-order valence-corrected chi connectivity index (χ2v) is 16.4. The van der Waals surface area contributed by atoms with E-state index in [1.54, 1.807) is 0 Å². The lowest BCUT2D eigenvalue weighted by Gasteiger charge is -2.05. The molecule has 0 rings (SSSR count). The molecule has 10 heteroatoms. The van der Waals surface area contributed by atoms with Gasteiger partial charge in [0.2, 0.25) is 0 Å². The molecule has 0 radical (unpaired) electrons. The van der Waals surface area contributed by atoms with Crippen LogP contribution in [0.2, 0.25) is 0 Å². The molecule has 0 aromatic heterocycles. The van der Waals surface area contributed by atoms with Crippen molar-refractivity contribution < 1.29 is 37.8 Å². The first kappa shape index (κ1) is 50.3. The van der Waals surface area contributed by atoms with Crippen molar-refractivity contribution in [2.75, 3.05) is 13.2 Å². The Hall–Kier alpha value is 0.220. The van der Waals surface area contributed by atoms with Gasteiger partial charge >= 0.3 is 15.6 Å². The van der Waals surface area contributed by atoms with Crippen LogP contribution in [0.4, 0.5) is 0 Å². The maximum absolute atomic E-state index is 10.5. The summed E-state index contributed by atoms with van der Waals surface area (Å²) in [5.41, 5.74) is 0. The molecule has 0 aliphatic heterocycles. The Balaban J connectivity index is 0. The highest BCUT2D eigenvalue weighted by atomic mass is 31.2. The molecule has 48 heavy (non-hydrogen) atoms. The van der Waals surface area contributed by atoms with Gasteiger partial charge in [0.05, 0.1) is 13.2 Å². The molecule has 0 unspecified atom stereocenters. The zero-order chi connectivity index (χ0) is 35.9. The highest BCUT2D eigenvalue weighted by Crippen LogP contribution is 2.36. The lowest BCUT2D eigenvalue weighted by Crippen LogP contribution is -1.92. The topological polar surface area (TPSA) is 134 Å². The fraction of sp³-hybridized carbons (Fsp3) is 1.00. The van der Waals surface area contributed by atoms with Crippen LogP contribution in [0, 0.1) is 0 Å². The van der Waals surface area contributed by atoms with Gasteiger partial charge in [0, 0.05) is 0 Å². The molecule has 0 aromatic carbocycles. The minimum absolute atomic E-state index is 0.169. The van der Waals surface area contributed by atoms with Crippen molar-refractivity contribution in [2.45, 2.75) is 232 Å². The van der Waals surface area contributed by atoms with Gasteiger partial charge < -0.3 is 19.6 Å². The van der Waals surface area contributed by atoms with E-state index in [9.17, 15) is 9.13 Å². The Morgan fingerprint density at radius 3 is 0.583 bits per heavy atom. The van der Waals surface area contributed by atoms with Gasteiger partial charge in [0.25, 0.3) is 0 Å². The van der Waals surface area contributed by atoms with Crippen molar-refractivity contribution in [3.63, 3.8) is 0 Å². The van der Waals surface area contributed by atoms with E-state index < -0.39 is 15.6 Å². The van der Waals surface area contributed by atoms with E-state index in [4.69, 9.17) is 19.6 Å². The van der Waals surface area contributed by atoms with Crippen LogP contribution in [-0.2, 0) is 18.2 Å². The quantitative estimate of drug-likeness (QED) is 0.0365. The van der Waals surface area contributed by atoms with Gasteiger partial charge in [-0.05, 0) is 12.8 Å². The lowest BCUT2D eigenvalue weighted by molar-refractivity contribution is 0.191. The lowest BCUT2D eigenvalue weighted by atomic mass is 10.0. The van der Waals surface area contributed by atoms with Gasteiger partial charge in [-0.2, -0.15) is 0 Å². The second kappa shape index (κ2) is 40.0. The number of unbranched alkanes of at least 4 members (excludes halogenated alkanes) is 32. The van der Waals surface area contributed by atoms with Crippen molar-refractivity contribution in [1.82, 2.24) is 0 Å². The molecule has 8 nitrogen and oxygen atoms in total. The van der Waals surface area contributed by atoms with Crippen molar-refractivity contribution in [3.8, 4) is 0 Å². The van der Waals surface area contributed by atoms with Gasteiger partial charge in [-0.1, -0.05) is 219 Å². The van der Waals surface area contributed by atoms with Crippen LogP contribution in [0.15, 0.2) is 0 Å². The smallest absolute Gasteiger partial charge is 0.303 e. The van der Waals surface area contributed by atoms with E-state index in [-0.39, 0.29) is 13.2 Å². The van der Waals surface area contributed by atoms with Crippen LogP contribution in [-0.4, -0.2) is 32.8 Å². The summed E-state index contributed by atoms with van der Waals surface area (Å²) in [5.74, 6) is 0. The Kier molecular flexibility index (Phi) is 41.9. The first-order valence-electron chi connectivity index (χ1n) is 20.5. The first-order chi connectivity index (χ1) is 23.1. The molecular weight excluding hydrogens is 646 g/mol. The Labute approximate surface area is 298 Å². The third kappa shape index (κ3) is 53.0. The fourth-order valence-electron chi connectivity index (χ4n) is 6.02. The molecule has 292 valence electrons. The van der Waals surface area contributed by atoms with E-state index in [0.29, 0.717) is 0 Å². The second-order valence-electron chi connectivity index (χ2n) is 14.0. The van der Waals surface area contributed by atoms with Crippen molar-refractivity contribution in [2.24, 2.45) is 0 Å². The molecular formula is C38H82O8P2. The third-order valence-electron chi connectivity index (χ3n) is 9.01. The zero-order valence-corrected chi connectivity index (χ0v) is 33.6. The molecule has 0 atom stereocenters. The summed E-state index contributed by atoms with van der Waals surface area (Å²) < 4.78 is 29.8. The summed E-state index contributed by atoms with van der Waals surface area (Å²) >= 11 is 0. The van der Waals surface area contributed by atoms with Crippen molar-refractivity contribution in [3.05, 3.63) is 0 Å². The molecule has 0 heterocycles.